The van der Waals surface area contributed by atoms with Gasteiger partial charge in [0.25, 0.3) is 0 Å². The molecule has 1 amide bonds. The van der Waals surface area contributed by atoms with E-state index in [9.17, 15) is 4.79 Å². The van der Waals surface area contributed by atoms with Crippen LogP contribution in [0.25, 0.3) is 0 Å². The van der Waals surface area contributed by atoms with Gasteiger partial charge in [-0.1, -0.05) is 41.7 Å². The highest BCUT2D eigenvalue weighted by molar-refractivity contribution is 7.15. The third-order valence-electron chi connectivity index (χ3n) is 2.26. The molecule has 5 nitrogen and oxygen atoms in total. The smallest absolute Gasteiger partial charge is 0.239 e. The number of aryl methyl sites for hydroxylation is 1. The van der Waals surface area contributed by atoms with Gasteiger partial charge in [0.05, 0.1) is 6.54 Å². The lowest BCUT2D eigenvalue weighted by atomic mass is 10.2. The topological polar surface area (TPSA) is 66.9 Å². The Balaban J connectivity index is 1.73. The molecule has 1 aromatic carbocycles. The Bertz CT molecular complexity index is 512. The van der Waals surface area contributed by atoms with Crippen LogP contribution in [-0.4, -0.2) is 22.6 Å². The molecule has 0 unspecified atom stereocenters. The predicted molar refractivity (Wildman–Crippen MR) is 71.4 cm³/mol. The average Bonchev–Trinajstić information content (AvgIpc) is 2.81. The third kappa shape index (κ3) is 3.81. The summed E-state index contributed by atoms with van der Waals surface area (Å²) >= 11 is 1.43. The molecule has 0 fully saturated rings. The van der Waals surface area contributed by atoms with Crippen molar-refractivity contribution in [3.05, 3.63) is 40.9 Å². The molecule has 0 saturated carbocycles. The lowest BCUT2D eigenvalue weighted by Crippen LogP contribution is -2.29. The molecule has 0 aliphatic rings. The number of rotatable bonds is 5. The van der Waals surface area contributed by atoms with Gasteiger partial charge in [-0.2, -0.15) is 0 Å². The number of hydrogen-bond acceptors (Lipinski definition) is 5. The number of anilines is 1. The van der Waals surface area contributed by atoms with Gasteiger partial charge in [-0.05, 0) is 12.5 Å². The first kappa shape index (κ1) is 12.5. The van der Waals surface area contributed by atoms with Crippen molar-refractivity contribution in [2.75, 3.05) is 11.9 Å². The van der Waals surface area contributed by atoms with Crippen molar-refractivity contribution in [3.63, 3.8) is 0 Å². The molecule has 2 N–H and O–H groups in total. The van der Waals surface area contributed by atoms with Crippen LogP contribution in [0.5, 0.6) is 0 Å². The summed E-state index contributed by atoms with van der Waals surface area (Å²) in [5.74, 6) is -0.0632. The van der Waals surface area contributed by atoms with Crippen molar-refractivity contribution in [1.29, 1.82) is 0 Å². The largest absolute Gasteiger partial charge is 0.351 e. The molecule has 6 heteroatoms. The average molecular weight is 262 g/mol. The van der Waals surface area contributed by atoms with Crippen LogP contribution in [0.4, 0.5) is 5.13 Å². The molecule has 0 bridgehead atoms. The van der Waals surface area contributed by atoms with E-state index in [1.165, 1.54) is 11.3 Å². The van der Waals surface area contributed by atoms with Gasteiger partial charge in [-0.15, -0.1) is 10.2 Å². The molecule has 2 rings (SSSR count). The van der Waals surface area contributed by atoms with E-state index in [2.05, 4.69) is 20.8 Å². The molecule has 1 heterocycles. The van der Waals surface area contributed by atoms with Crippen LogP contribution in [-0.2, 0) is 11.3 Å². The minimum Gasteiger partial charge on any atom is -0.351 e. The molecule has 94 valence electrons. The van der Waals surface area contributed by atoms with Gasteiger partial charge in [0.1, 0.15) is 5.01 Å². The second kappa shape index (κ2) is 6.11. The van der Waals surface area contributed by atoms with Crippen LogP contribution in [0.1, 0.15) is 10.6 Å². The summed E-state index contributed by atoms with van der Waals surface area (Å²) in [6.07, 6.45) is 0. The molecular formula is C12H14N4OS. The second-order valence-electron chi connectivity index (χ2n) is 3.74. The highest BCUT2D eigenvalue weighted by atomic mass is 32.1. The van der Waals surface area contributed by atoms with Gasteiger partial charge < -0.3 is 10.6 Å². The van der Waals surface area contributed by atoms with Gasteiger partial charge >= 0.3 is 0 Å². The molecular weight excluding hydrogens is 248 g/mol. The van der Waals surface area contributed by atoms with Crippen molar-refractivity contribution >= 4 is 22.4 Å². The summed E-state index contributed by atoms with van der Waals surface area (Å²) < 4.78 is 0. The number of hydrogen-bond donors (Lipinski definition) is 2. The monoisotopic (exact) mass is 262 g/mol. The Kier molecular flexibility index (Phi) is 4.25. The Morgan fingerprint density at radius 1 is 1.28 bits per heavy atom. The van der Waals surface area contributed by atoms with E-state index in [-0.39, 0.29) is 12.5 Å². The van der Waals surface area contributed by atoms with E-state index in [4.69, 9.17) is 0 Å². The van der Waals surface area contributed by atoms with Crippen LogP contribution in [0, 0.1) is 6.92 Å². The Morgan fingerprint density at radius 3 is 2.72 bits per heavy atom. The Morgan fingerprint density at radius 2 is 2.06 bits per heavy atom. The first-order valence-corrected chi connectivity index (χ1v) is 6.40. The molecule has 2 aromatic rings. The van der Waals surface area contributed by atoms with Gasteiger partial charge in [0.2, 0.25) is 11.0 Å². The van der Waals surface area contributed by atoms with Crippen molar-refractivity contribution in [1.82, 2.24) is 15.5 Å². The number of nitrogens with one attached hydrogen (secondary N) is 2. The van der Waals surface area contributed by atoms with Gasteiger partial charge in [-0.3, -0.25) is 4.79 Å². The third-order valence-corrected chi connectivity index (χ3v) is 3.06. The fourth-order valence-electron chi connectivity index (χ4n) is 1.38. The van der Waals surface area contributed by atoms with E-state index in [1.807, 2.05) is 37.3 Å². The number of aromatic nitrogens is 2. The Hall–Kier alpha value is -1.95. The quantitative estimate of drug-likeness (QED) is 0.858. The SMILES string of the molecule is Cc1nnc(NCC(=O)NCc2ccccc2)s1. The molecule has 18 heavy (non-hydrogen) atoms. The van der Waals surface area contributed by atoms with Crippen molar-refractivity contribution in [2.45, 2.75) is 13.5 Å². The van der Waals surface area contributed by atoms with E-state index in [0.717, 1.165) is 10.6 Å². The highest BCUT2D eigenvalue weighted by Gasteiger charge is 2.03. The zero-order chi connectivity index (χ0) is 12.8. The maximum atomic E-state index is 11.6. The zero-order valence-corrected chi connectivity index (χ0v) is 10.8. The normalized spacial score (nSPS) is 10.1. The van der Waals surface area contributed by atoms with Crippen molar-refractivity contribution in [3.8, 4) is 0 Å². The van der Waals surface area contributed by atoms with E-state index >= 15 is 0 Å². The van der Waals surface area contributed by atoms with Crippen LogP contribution < -0.4 is 10.6 Å². The van der Waals surface area contributed by atoms with Crippen molar-refractivity contribution in [2.24, 2.45) is 0 Å². The first-order valence-electron chi connectivity index (χ1n) is 5.58. The summed E-state index contributed by atoms with van der Waals surface area (Å²) in [6.45, 7) is 2.62. The second-order valence-corrected chi connectivity index (χ2v) is 4.92. The fraction of sp³-hybridized carbons (Fsp3) is 0.250. The minimum atomic E-state index is -0.0632. The van der Waals surface area contributed by atoms with Crippen LogP contribution in [0.2, 0.25) is 0 Å². The summed E-state index contributed by atoms with van der Waals surface area (Å²) in [5.41, 5.74) is 1.08. The van der Waals surface area contributed by atoms with Gasteiger partial charge in [0, 0.05) is 6.54 Å². The molecule has 1 aromatic heterocycles. The summed E-state index contributed by atoms with van der Waals surface area (Å²) in [6, 6.07) is 9.79. The van der Waals surface area contributed by atoms with E-state index in [0.29, 0.717) is 11.7 Å². The predicted octanol–water partition coefficient (Wildman–Crippen LogP) is 1.57. The lowest BCUT2D eigenvalue weighted by Gasteiger charge is -2.05. The molecule has 0 spiro atoms. The number of carbonyl (C=O) groups excluding carboxylic acids is 1. The van der Waals surface area contributed by atoms with Crippen LogP contribution in [0.3, 0.4) is 0 Å². The summed E-state index contributed by atoms with van der Waals surface area (Å²) in [5, 5.41) is 15.1. The van der Waals surface area contributed by atoms with Gasteiger partial charge in [-0.25, -0.2) is 0 Å². The summed E-state index contributed by atoms with van der Waals surface area (Å²) in [4.78, 5) is 11.6. The number of nitrogens with zero attached hydrogens (tertiary/aromatic N) is 2. The standard InChI is InChI=1S/C12H14N4OS/c1-9-15-16-12(18-9)14-8-11(17)13-7-10-5-3-2-4-6-10/h2-6H,7-8H2,1H3,(H,13,17)(H,14,16). The lowest BCUT2D eigenvalue weighted by molar-refractivity contribution is -0.119. The van der Waals surface area contributed by atoms with Gasteiger partial charge in [0.15, 0.2) is 0 Å². The number of amides is 1. The maximum absolute atomic E-state index is 11.6. The first-order chi connectivity index (χ1) is 8.74. The van der Waals surface area contributed by atoms with Crippen LogP contribution in [0.15, 0.2) is 30.3 Å². The molecule has 0 aliphatic heterocycles. The molecule has 0 radical (unpaired) electrons. The highest BCUT2D eigenvalue weighted by Crippen LogP contribution is 2.12. The van der Waals surface area contributed by atoms with E-state index in [1.54, 1.807) is 0 Å². The molecule has 0 atom stereocenters. The Labute approximate surface area is 109 Å². The fourth-order valence-corrected chi connectivity index (χ4v) is 1.97. The maximum Gasteiger partial charge on any atom is 0.239 e. The zero-order valence-electron chi connectivity index (χ0n) is 10.0. The van der Waals surface area contributed by atoms with E-state index < -0.39 is 0 Å². The molecule has 0 saturated heterocycles. The van der Waals surface area contributed by atoms with Crippen molar-refractivity contribution < 1.29 is 4.79 Å². The molecule has 0 aliphatic carbocycles. The summed E-state index contributed by atoms with van der Waals surface area (Å²) in [7, 11) is 0. The minimum absolute atomic E-state index is 0.0632. The van der Waals surface area contributed by atoms with Crippen LogP contribution >= 0.6 is 11.3 Å². The number of carbonyl (C=O) groups is 1. The number of benzene rings is 1.